The summed E-state index contributed by atoms with van der Waals surface area (Å²) in [5.41, 5.74) is 5.21. The number of aryl methyl sites for hydroxylation is 1. The summed E-state index contributed by atoms with van der Waals surface area (Å²) < 4.78 is 24.2. The van der Waals surface area contributed by atoms with Gasteiger partial charge >= 0.3 is 5.97 Å². The molecule has 1 aliphatic heterocycles. The third-order valence-electron chi connectivity index (χ3n) is 7.40. The Hall–Kier alpha value is -4.63. The van der Waals surface area contributed by atoms with Crippen LogP contribution in [0.15, 0.2) is 81.7 Å². The van der Waals surface area contributed by atoms with E-state index >= 15 is 0 Å². The molecule has 1 unspecified atom stereocenters. The maximum Gasteiger partial charge on any atom is 0.338 e. The zero-order valence-corrected chi connectivity index (χ0v) is 25.2. The molecular weight excluding hydrogens is 552 g/mol. The van der Waals surface area contributed by atoms with Crippen molar-refractivity contribution in [2.45, 2.75) is 33.4 Å². The molecule has 0 N–H and O–H groups in total. The molecule has 0 fully saturated rings. The number of hydrogen-bond acceptors (Lipinski definition) is 8. The second kappa shape index (κ2) is 12.1. The summed E-state index contributed by atoms with van der Waals surface area (Å²) >= 11 is 1.27. The fourth-order valence-corrected chi connectivity index (χ4v) is 6.03. The van der Waals surface area contributed by atoms with Crippen LogP contribution in [0.25, 0.3) is 6.08 Å². The molecule has 1 aliphatic rings. The largest absolute Gasteiger partial charge is 0.497 e. The minimum Gasteiger partial charge on any atom is -0.497 e. The van der Waals surface area contributed by atoms with Gasteiger partial charge in [0.2, 0.25) is 0 Å². The van der Waals surface area contributed by atoms with Crippen LogP contribution in [0.5, 0.6) is 17.2 Å². The van der Waals surface area contributed by atoms with E-state index in [1.165, 1.54) is 18.4 Å². The molecular formula is C33H32N2O6S. The lowest BCUT2D eigenvalue weighted by Gasteiger charge is -2.24. The normalized spacial score (nSPS) is 14.7. The zero-order valence-electron chi connectivity index (χ0n) is 24.4. The summed E-state index contributed by atoms with van der Waals surface area (Å²) in [6.07, 6.45) is 1.83. The van der Waals surface area contributed by atoms with E-state index in [0.29, 0.717) is 38.7 Å². The number of esters is 1. The number of rotatable bonds is 8. The first-order chi connectivity index (χ1) is 20.2. The van der Waals surface area contributed by atoms with Crippen molar-refractivity contribution in [2.24, 2.45) is 4.99 Å². The summed E-state index contributed by atoms with van der Waals surface area (Å²) in [6.45, 7) is 6.14. The van der Waals surface area contributed by atoms with E-state index in [2.05, 4.69) is 4.99 Å². The van der Waals surface area contributed by atoms with Crippen molar-refractivity contribution in [1.29, 1.82) is 0 Å². The van der Waals surface area contributed by atoms with E-state index in [0.717, 1.165) is 33.6 Å². The lowest BCUT2D eigenvalue weighted by atomic mass is 9.96. The highest BCUT2D eigenvalue weighted by atomic mass is 32.1. The van der Waals surface area contributed by atoms with Gasteiger partial charge in [-0.1, -0.05) is 41.7 Å². The van der Waals surface area contributed by atoms with Crippen molar-refractivity contribution in [1.82, 2.24) is 4.57 Å². The Morgan fingerprint density at radius 2 is 1.74 bits per heavy atom. The fourth-order valence-electron chi connectivity index (χ4n) is 4.98. The molecule has 216 valence electrons. The van der Waals surface area contributed by atoms with Crippen LogP contribution in [0.1, 0.15) is 40.8 Å². The topological polar surface area (TPSA) is 88.4 Å². The Morgan fingerprint density at radius 1 is 0.976 bits per heavy atom. The predicted octanol–water partition coefficient (Wildman–Crippen LogP) is 4.62. The fraction of sp³-hybridized carbons (Fsp3) is 0.242. The monoisotopic (exact) mass is 584 g/mol. The Balaban J connectivity index is 1.57. The van der Waals surface area contributed by atoms with Crippen LogP contribution >= 0.6 is 11.3 Å². The van der Waals surface area contributed by atoms with Gasteiger partial charge in [-0.15, -0.1) is 0 Å². The maximum atomic E-state index is 13.9. The number of allylic oxidation sites excluding steroid dienone is 1. The SMILES string of the molecule is COC(=O)C1=C(C)N=c2s/c(=C/c3ccc(OC)c(COc4cccc(C)c4C)c3)c(=O)n2C1c1ccc(OC)cc1. The molecule has 3 aromatic carbocycles. The Kier molecular flexibility index (Phi) is 8.31. The zero-order chi connectivity index (χ0) is 30.0. The van der Waals surface area contributed by atoms with Crippen molar-refractivity contribution < 1.29 is 23.7 Å². The first-order valence-electron chi connectivity index (χ1n) is 13.4. The number of thiazole rings is 1. The number of carbonyl (C=O) groups excluding carboxylic acids is 1. The summed E-state index contributed by atoms with van der Waals surface area (Å²) in [7, 11) is 4.53. The number of carbonyl (C=O) groups is 1. The van der Waals surface area contributed by atoms with Crippen LogP contribution in [0.3, 0.4) is 0 Å². The quantitative estimate of drug-likeness (QED) is 0.281. The Labute approximate surface area is 247 Å². The second-order valence-electron chi connectivity index (χ2n) is 9.90. The number of ether oxygens (including phenoxy) is 4. The number of benzene rings is 3. The third-order valence-corrected chi connectivity index (χ3v) is 8.38. The van der Waals surface area contributed by atoms with Crippen molar-refractivity contribution in [2.75, 3.05) is 21.3 Å². The van der Waals surface area contributed by atoms with Crippen molar-refractivity contribution in [3.05, 3.63) is 119 Å². The Bertz CT molecular complexity index is 1870. The lowest BCUT2D eigenvalue weighted by molar-refractivity contribution is -0.136. The van der Waals surface area contributed by atoms with Crippen LogP contribution in [-0.4, -0.2) is 31.9 Å². The first kappa shape index (κ1) is 28.9. The van der Waals surface area contributed by atoms with Crippen LogP contribution in [-0.2, 0) is 16.1 Å². The van der Waals surface area contributed by atoms with Gasteiger partial charge in [0, 0.05) is 5.56 Å². The molecule has 0 radical (unpaired) electrons. The van der Waals surface area contributed by atoms with Crippen LogP contribution in [0, 0.1) is 13.8 Å². The van der Waals surface area contributed by atoms with Crippen LogP contribution in [0.2, 0.25) is 0 Å². The molecule has 0 spiro atoms. The van der Waals surface area contributed by atoms with Gasteiger partial charge in [-0.3, -0.25) is 9.36 Å². The summed E-state index contributed by atoms with van der Waals surface area (Å²) in [5.74, 6) is 1.64. The molecule has 42 heavy (non-hydrogen) atoms. The summed E-state index contributed by atoms with van der Waals surface area (Å²) in [5, 5.41) is 0. The Morgan fingerprint density at radius 3 is 2.43 bits per heavy atom. The lowest BCUT2D eigenvalue weighted by Crippen LogP contribution is -2.39. The van der Waals surface area contributed by atoms with Crippen molar-refractivity contribution >= 4 is 23.4 Å². The standard InChI is InChI=1S/C33H32N2O6S/c1-19-8-7-9-26(20(19)2)41-18-24-16-22(10-15-27(24)39-5)17-28-31(36)35-30(23-11-13-25(38-4)14-12-23)29(32(37)40-6)21(3)34-33(35)42-28/h7-17,30H,18H2,1-6H3/b28-17+. The molecule has 1 aromatic heterocycles. The molecule has 4 aromatic rings. The molecule has 5 rings (SSSR count). The third kappa shape index (κ3) is 5.47. The second-order valence-corrected chi connectivity index (χ2v) is 10.9. The van der Waals surface area contributed by atoms with Gasteiger partial charge in [-0.2, -0.15) is 0 Å². The molecule has 0 saturated heterocycles. The minimum atomic E-state index is -0.695. The van der Waals surface area contributed by atoms with E-state index in [9.17, 15) is 9.59 Å². The van der Waals surface area contributed by atoms with E-state index in [-0.39, 0.29) is 5.56 Å². The first-order valence-corrected chi connectivity index (χ1v) is 14.2. The average molecular weight is 585 g/mol. The van der Waals surface area contributed by atoms with Gasteiger partial charge in [-0.25, -0.2) is 9.79 Å². The maximum absolute atomic E-state index is 13.9. The van der Waals surface area contributed by atoms with Crippen molar-refractivity contribution in [3.63, 3.8) is 0 Å². The summed E-state index contributed by atoms with van der Waals surface area (Å²) in [6, 6.07) is 18.3. The molecule has 1 atom stereocenters. The van der Waals surface area contributed by atoms with Gasteiger partial charge in [0.15, 0.2) is 4.80 Å². The molecule has 0 aliphatic carbocycles. The predicted molar refractivity (Wildman–Crippen MR) is 162 cm³/mol. The number of methoxy groups -OCH3 is 3. The highest BCUT2D eigenvalue weighted by molar-refractivity contribution is 7.07. The average Bonchev–Trinajstić information content (AvgIpc) is 3.30. The van der Waals surface area contributed by atoms with Gasteiger partial charge in [0.05, 0.1) is 43.2 Å². The molecule has 8 nitrogen and oxygen atoms in total. The van der Waals surface area contributed by atoms with E-state index in [1.807, 2.05) is 68.5 Å². The van der Waals surface area contributed by atoms with E-state index < -0.39 is 12.0 Å². The van der Waals surface area contributed by atoms with E-state index in [4.69, 9.17) is 18.9 Å². The molecule has 0 bridgehead atoms. The van der Waals surface area contributed by atoms with Crippen molar-refractivity contribution in [3.8, 4) is 17.2 Å². The smallest absolute Gasteiger partial charge is 0.338 e. The number of nitrogens with zero attached hydrogens (tertiary/aromatic N) is 2. The van der Waals surface area contributed by atoms with Gasteiger partial charge in [-0.05, 0) is 79.4 Å². The molecule has 9 heteroatoms. The molecule has 0 saturated carbocycles. The van der Waals surface area contributed by atoms with Crippen LogP contribution in [0.4, 0.5) is 0 Å². The van der Waals surface area contributed by atoms with Gasteiger partial charge < -0.3 is 18.9 Å². The molecule has 0 amide bonds. The summed E-state index contributed by atoms with van der Waals surface area (Å²) in [4.78, 5) is 31.9. The highest BCUT2D eigenvalue weighted by Crippen LogP contribution is 2.31. The highest BCUT2D eigenvalue weighted by Gasteiger charge is 2.33. The molecule has 2 heterocycles. The van der Waals surface area contributed by atoms with Gasteiger partial charge in [0.25, 0.3) is 5.56 Å². The number of hydrogen-bond donors (Lipinski definition) is 0. The van der Waals surface area contributed by atoms with Crippen LogP contribution < -0.4 is 29.1 Å². The number of fused-ring (bicyclic) bond motifs is 1. The minimum absolute atomic E-state index is 0.252. The van der Waals surface area contributed by atoms with E-state index in [1.54, 1.807) is 37.8 Å². The van der Waals surface area contributed by atoms with Gasteiger partial charge in [0.1, 0.15) is 23.9 Å². The number of aromatic nitrogens is 1.